The van der Waals surface area contributed by atoms with Crippen LogP contribution in [0, 0.1) is 6.92 Å². The molecular weight excluding hydrogens is 226 g/mol. The van der Waals surface area contributed by atoms with Gasteiger partial charge in [0, 0.05) is 12.7 Å². The number of pyridine rings is 1. The molecule has 0 atom stereocenters. The van der Waals surface area contributed by atoms with Crippen LogP contribution < -0.4 is 5.32 Å². The highest BCUT2D eigenvalue weighted by molar-refractivity contribution is 6.30. The van der Waals surface area contributed by atoms with Crippen LogP contribution in [0.5, 0.6) is 0 Å². The molecule has 0 spiro atoms. The van der Waals surface area contributed by atoms with Gasteiger partial charge in [-0.2, -0.15) is 0 Å². The molecule has 2 aromatic rings. The van der Waals surface area contributed by atoms with E-state index < -0.39 is 0 Å². The fraction of sp³-hybridized carbons (Fsp3) is 0.273. The number of rotatable bonds is 2. The number of aromatic nitrogens is 2. The molecule has 1 amide bonds. The summed E-state index contributed by atoms with van der Waals surface area (Å²) in [5.41, 5.74) is 1.97. The smallest absolute Gasteiger partial charge is 0.270 e. The number of halogens is 1. The predicted molar refractivity (Wildman–Crippen MR) is 62.9 cm³/mol. The summed E-state index contributed by atoms with van der Waals surface area (Å²) in [7, 11) is 0. The number of fused-ring (bicyclic) bond motifs is 1. The summed E-state index contributed by atoms with van der Waals surface area (Å²) in [5, 5.41) is 3.34. The van der Waals surface area contributed by atoms with E-state index in [-0.39, 0.29) is 5.91 Å². The molecule has 2 aromatic heterocycles. The first kappa shape index (κ1) is 11.0. The monoisotopic (exact) mass is 237 g/mol. The molecule has 5 heteroatoms. The Labute approximate surface area is 98.2 Å². The maximum atomic E-state index is 11.8. The lowest BCUT2D eigenvalue weighted by Crippen LogP contribution is -2.24. The SMILES string of the molecule is CCNC(=O)c1c(C)nc2ccc(Cl)cn12. The highest BCUT2D eigenvalue weighted by atomic mass is 35.5. The second kappa shape index (κ2) is 4.14. The molecule has 0 saturated carbocycles. The number of carbonyl (C=O) groups is 1. The van der Waals surface area contributed by atoms with Gasteiger partial charge in [-0.3, -0.25) is 9.20 Å². The maximum absolute atomic E-state index is 11.8. The van der Waals surface area contributed by atoms with E-state index in [1.54, 1.807) is 22.7 Å². The Bertz CT molecular complexity index is 547. The number of aryl methyl sites for hydroxylation is 1. The van der Waals surface area contributed by atoms with E-state index in [9.17, 15) is 4.79 Å². The van der Waals surface area contributed by atoms with Gasteiger partial charge in [-0.05, 0) is 26.0 Å². The van der Waals surface area contributed by atoms with Crippen molar-refractivity contribution in [2.75, 3.05) is 6.54 Å². The molecule has 0 aliphatic carbocycles. The van der Waals surface area contributed by atoms with Crippen molar-refractivity contribution >= 4 is 23.2 Å². The topological polar surface area (TPSA) is 46.4 Å². The summed E-state index contributed by atoms with van der Waals surface area (Å²) in [6.07, 6.45) is 1.70. The molecule has 0 unspecified atom stereocenters. The molecule has 0 fully saturated rings. The lowest BCUT2D eigenvalue weighted by molar-refractivity contribution is 0.0949. The van der Waals surface area contributed by atoms with Crippen molar-refractivity contribution in [1.29, 1.82) is 0 Å². The van der Waals surface area contributed by atoms with E-state index in [4.69, 9.17) is 11.6 Å². The fourth-order valence-corrected chi connectivity index (χ4v) is 1.81. The predicted octanol–water partition coefficient (Wildman–Crippen LogP) is 2.05. The number of hydrogen-bond acceptors (Lipinski definition) is 2. The standard InChI is InChI=1S/C11H12ClN3O/c1-3-13-11(16)10-7(2)14-9-5-4-8(12)6-15(9)10/h4-6H,3H2,1-2H3,(H,13,16). The van der Waals surface area contributed by atoms with Crippen molar-refractivity contribution in [3.05, 3.63) is 34.7 Å². The highest BCUT2D eigenvalue weighted by Crippen LogP contribution is 2.16. The molecule has 0 saturated heterocycles. The molecule has 0 aromatic carbocycles. The molecule has 2 heterocycles. The Morgan fingerprint density at radius 2 is 2.31 bits per heavy atom. The molecule has 4 nitrogen and oxygen atoms in total. The van der Waals surface area contributed by atoms with Crippen LogP contribution in [0.1, 0.15) is 23.1 Å². The second-order valence-corrected chi connectivity index (χ2v) is 3.92. The molecule has 84 valence electrons. The average molecular weight is 238 g/mol. The summed E-state index contributed by atoms with van der Waals surface area (Å²) in [5.74, 6) is -0.130. The van der Waals surface area contributed by atoms with E-state index in [1.165, 1.54) is 0 Å². The Kier molecular flexibility index (Phi) is 2.83. The van der Waals surface area contributed by atoms with Gasteiger partial charge in [0.1, 0.15) is 11.3 Å². The van der Waals surface area contributed by atoms with Gasteiger partial charge in [0.15, 0.2) is 0 Å². The van der Waals surface area contributed by atoms with Crippen molar-refractivity contribution in [2.45, 2.75) is 13.8 Å². The molecule has 1 N–H and O–H groups in total. The zero-order valence-electron chi connectivity index (χ0n) is 9.12. The summed E-state index contributed by atoms with van der Waals surface area (Å²) in [6.45, 7) is 4.28. The van der Waals surface area contributed by atoms with Crippen LogP contribution in [0.15, 0.2) is 18.3 Å². The Balaban J connectivity index is 2.62. The second-order valence-electron chi connectivity index (χ2n) is 3.48. The van der Waals surface area contributed by atoms with Crippen molar-refractivity contribution in [2.24, 2.45) is 0 Å². The minimum Gasteiger partial charge on any atom is -0.351 e. The van der Waals surface area contributed by atoms with Gasteiger partial charge in [0.05, 0.1) is 10.7 Å². The van der Waals surface area contributed by atoms with Gasteiger partial charge in [0.2, 0.25) is 0 Å². The number of nitrogens with zero attached hydrogens (tertiary/aromatic N) is 2. The third-order valence-electron chi connectivity index (χ3n) is 2.31. The van der Waals surface area contributed by atoms with E-state index in [1.807, 2.05) is 13.8 Å². The molecule has 16 heavy (non-hydrogen) atoms. The van der Waals surface area contributed by atoms with E-state index >= 15 is 0 Å². The quantitative estimate of drug-likeness (QED) is 0.869. The highest BCUT2D eigenvalue weighted by Gasteiger charge is 2.15. The third kappa shape index (κ3) is 1.76. The van der Waals surface area contributed by atoms with Crippen LogP contribution in [0.2, 0.25) is 5.02 Å². The number of hydrogen-bond donors (Lipinski definition) is 1. The molecule has 0 bridgehead atoms. The number of imidazole rings is 1. The molecule has 0 radical (unpaired) electrons. The first-order valence-corrected chi connectivity index (χ1v) is 5.43. The normalized spacial score (nSPS) is 10.7. The number of amides is 1. The zero-order chi connectivity index (χ0) is 11.7. The number of carbonyl (C=O) groups excluding carboxylic acids is 1. The summed E-state index contributed by atoms with van der Waals surface area (Å²) in [4.78, 5) is 16.1. The van der Waals surface area contributed by atoms with Crippen LogP contribution in [-0.2, 0) is 0 Å². The Morgan fingerprint density at radius 3 is 3.00 bits per heavy atom. The van der Waals surface area contributed by atoms with E-state index in [0.717, 1.165) is 5.65 Å². The van der Waals surface area contributed by atoms with Crippen molar-refractivity contribution in [1.82, 2.24) is 14.7 Å². The molecule has 0 aliphatic heterocycles. The van der Waals surface area contributed by atoms with Gasteiger partial charge in [0.25, 0.3) is 5.91 Å². The van der Waals surface area contributed by atoms with Crippen LogP contribution in [0.4, 0.5) is 0 Å². The van der Waals surface area contributed by atoms with Crippen molar-refractivity contribution in [3.8, 4) is 0 Å². The first-order valence-electron chi connectivity index (χ1n) is 5.06. The lowest BCUT2D eigenvalue weighted by atomic mass is 10.3. The zero-order valence-corrected chi connectivity index (χ0v) is 9.88. The summed E-state index contributed by atoms with van der Waals surface area (Å²) < 4.78 is 1.71. The van der Waals surface area contributed by atoms with Crippen LogP contribution >= 0.6 is 11.6 Å². The van der Waals surface area contributed by atoms with Gasteiger partial charge in [-0.15, -0.1) is 0 Å². The largest absolute Gasteiger partial charge is 0.351 e. The van der Waals surface area contributed by atoms with Crippen LogP contribution in [-0.4, -0.2) is 21.8 Å². The van der Waals surface area contributed by atoms with Crippen molar-refractivity contribution < 1.29 is 4.79 Å². The van der Waals surface area contributed by atoms with Crippen molar-refractivity contribution in [3.63, 3.8) is 0 Å². The third-order valence-corrected chi connectivity index (χ3v) is 2.53. The minimum absolute atomic E-state index is 0.130. The van der Waals surface area contributed by atoms with Gasteiger partial charge in [-0.25, -0.2) is 4.98 Å². The average Bonchev–Trinajstić information content (AvgIpc) is 2.53. The molecule has 0 aliphatic rings. The Morgan fingerprint density at radius 1 is 1.56 bits per heavy atom. The first-order chi connectivity index (χ1) is 7.63. The minimum atomic E-state index is -0.130. The van der Waals surface area contributed by atoms with E-state index in [0.29, 0.717) is 23.0 Å². The van der Waals surface area contributed by atoms with Crippen LogP contribution in [0.25, 0.3) is 5.65 Å². The maximum Gasteiger partial charge on any atom is 0.270 e. The van der Waals surface area contributed by atoms with E-state index in [2.05, 4.69) is 10.3 Å². The fourth-order valence-electron chi connectivity index (χ4n) is 1.65. The summed E-state index contributed by atoms with van der Waals surface area (Å²) in [6, 6.07) is 3.54. The summed E-state index contributed by atoms with van der Waals surface area (Å²) >= 11 is 5.90. The van der Waals surface area contributed by atoms with Gasteiger partial charge >= 0.3 is 0 Å². The molecule has 2 rings (SSSR count). The Hall–Kier alpha value is -1.55. The number of nitrogens with one attached hydrogen (secondary N) is 1. The lowest BCUT2D eigenvalue weighted by Gasteiger charge is -2.03. The van der Waals surface area contributed by atoms with Gasteiger partial charge < -0.3 is 5.32 Å². The van der Waals surface area contributed by atoms with Crippen LogP contribution in [0.3, 0.4) is 0 Å². The molecular formula is C11H12ClN3O. The van der Waals surface area contributed by atoms with Gasteiger partial charge in [-0.1, -0.05) is 11.6 Å².